The number of nitrogens with one attached hydrogen (secondary N) is 2. The molecule has 0 rings (SSSR count). The second-order valence-electron chi connectivity index (χ2n) is 7.97. The van der Waals surface area contributed by atoms with Crippen molar-refractivity contribution in [3.8, 4) is 0 Å². The molecular weight excluding hydrogens is 364 g/mol. The molecule has 0 aliphatic rings. The maximum absolute atomic E-state index is 11.8. The number of alkyl carbamates (subject to hydrolysis) is 2. The predicted molar refractivity (Wildman–Crippen MR) is 107 cm³/mol. The van der Waals surface area contributed by atoms with Gasteiger partial charge in [0, 0.05) is 19.2 Å². The molecule has 0 heterocycles. The Labute approximate surface area is 167 Å². The van der Waals surface area contributed by atoms with Gasteiger partial charge in [0.15, 0.2) is 0 Å². The lowest BCUT2D eigenvalue weighted by Crippen LogP contribution is -2.35. The first-order valence-corrected chi connectivity index (χ1v) is 9.29. The van der Waals surface area contributed by atoms with E-state index in [1.165, 1.54) is 12.2 Å². The number of ether oxygens (including phenoxy) is 3. The highest BCUT2D eigenvalue weighted by Crippen LogP contribution is 2.08. The maximum Gasteiger partial charge on any atom is 0.407 e. The van der Waals surface area contributed by atoms with Gasteiger partial charge in [-0.3, -0.25) is 0 Å². The van der Waals surface area contributed by atoms with Crippen LogP contribution < -0.4 is 10.6 Å². The fraction of sp³-hybridized carbons (Fsp3) is 0.650. The molecule has 0 aromatic rings. The molecule has 0 atom stereocenters. The first kappa shape index (κ1) is 25.5. The molecule has 0 radical (unpaired) electrons. The lowest BCUT2D eigenvalue weighted by molar-refractivity contribution is -0.137. The van der Waals surface area contributed by atoms with Crippen LogP contribution in [0.2, 0.25) is 0 Å². The third-order valence-electron chi connectivity index (χ3n) is 2.82. The number of esters is 1. The molecule has 8 heteroatoms. The van der Waals surface area contributed by atoms with Gasteiger partial charge >= 0.3 is 18.2 Å². The summed E-state index contributed by atoms with van der Waals surface area (Å²) in [6, 6.07) is 0. The Hall–Kier alpha value is -2.51. The highest BCUT2D eigenvalue weighted by molar-refractivity contribution is 5.82. The number of allylic oxidation sites excluding steroid dienone is 2. The van der Waals surface area contributed by atoms with Gasteiger partial charge in [-0.25, -0.2) is 14.4 Å². The molecule has 2 amide bonds. The molecule has 0 fully saturated rings. The van der Waals surface area contributed by atoms with Crippen molar-refractivity contribution in [2.24, 2.45) is 0 Å². The van der Waals surface area contributed by atoms with E-state index in [1.54, 1.807) is 54.5 Å². The zero-order valence-electron chi connectivity index (χ0n) is 18.0. The maximum atomic E-state index is 11.8. The molecule has 28 heavy (non-hydrogen) atoms. The SMILES string of the molecule is CCOC(=O)/C=C/C=C(\CCNC(=O)OC(C)(C)C)CNC(=O)OC(C)(C)C. The quantitative estimate of drug-likeness (QED) is 0.281. The monoisotopic (exact) mass is 398 g/mol. The van der Waals surface area contributed by atoms with Crippen LogP contribution in [-0.4, -0.2) is 49.1 Å². The van der Waals surface area contributed by atoms with E-state index in [0.717, 1.165) is 5.57 Å². The minimum absolute atomic E-state index is 0.206. The van der Waals surface area contributed by atoms with Crippen LogP contribution in [0.1, 0.15) is 54.9 Å². The molecule has 0 spiro atoms. The highest BCUT2D eigenvalue weighted by atomic mass is 16.6. The van der Waals surface area contributed by atoms with E-state index >= 15 is 0 Å². The molecule has 0 aromatic carbocycles. The Kier molecular flexibility index (Phi) is 11.0. The minimum atomic E-state index is -0.601. The van der Waals surface area contributed by atoms with Crippen LogP contribution in [0.25, 0.3) is 0 Å². The van der Waals surface area contributed by atoms with Crippen LogP contribution in [-0.2, 0) is 19.0 Å². The van der Waals surface area contributed by atoms with Crippen LogP contribution in [0.3, 0.4) is 0 Å². The van der Waals surface area contributed by atoms with Crippen LogP contribution in [0, 0.1) is 0 Å². The van der Waals surface area contributed by atoms with E-state index in [9.17, 15) is 14.4 Å². The van der Waals surface area contributed by atoms with Crippen LogP contribution in [0.15, 0.2) is 23.8 Å². The molecule has 2 N–H and O–H groups in total. The van der Waals surface area contributed by atoms with Crippen molar-refractivity contribution >= 4 is 18.2 Å². The number of hydrogen-bond acceptors (Lipinski definition) is 6. The Morgan fingerprint density at radius 2 is 1.43 bits per heavy atom. The van der Waals surface area contributed by atoms with Crippen LogP contribution >= 0.6 is 0 Å². The summed E-state index contributed by atoms with van der Waals surface area (Å²) in [5, 5.41) is 5.31. The second-order valence-corrected chi connectivity index (χ2v) is 7.97. The van der Waals surface area contributed by atoms with Crippen molar-refractivity contribution in [1.82, 2.24) is 10.6 Å². The van der Waals surface area contributed by atoms with E-state index in [-0.39, 0.29) is 6.54 Å². The number of rotatable bonds is 8. The Morgan fingerprint density at radius 3 is 1.93 bits per heavy atom. The van der Waals surface area contributed by atoms with Crippen molar-refractivity contribution in [1.29, 1.82) is 0 Å². The van der Waals surface area contributed by atoms with Gasteiger partial charge in [0.1, 0.15) is 11.2 Å². The molecule has 160 valence electrons. The van der Waals surface area contributed by atoms with Gasteiger partial charge < -0.3 is 24.8 Å². The van der Waals surface area contributed by atoms with Crippen molar-refractivity contribution in [2.75, 3.05) is 19.7 Å². The van der Waals surface area contributed by atoms with Crippen LogP contribution in [0.4, 0.5) is 9.59 Å². The van der Waals surface area contributed by atoms with Crippen LogP contribution in [0.5, 0.6) is 0 Å². The van der Waals surface area contributed by atoms with Gasteiger partial charge in [0.05, 0.1) is 6.61 Å². The molecule has 0 bridgehead atoms. The van der Waals surface area contributed by atoms with E-state index in [1.807, 2.05) is 0 Å². The first-order valence-electron chi connectivity index (χ1n) is 9.29. The average molecular weight is 399 g/mol. The van der Waals surface area contributed by atoms with Gasteiger partial charge in [-0.1, -0.05) is 12.2 Å². The Morgan fingerprint density at radius 1 is 0.893 bits per heavy atom. The largest absolute Gasteiger partial charge is 0.463 e. The lowest BCUT2D eigenvalue weighted by Gasteiger charge is -2.21. The number of amides is 2. The van der Waals surface area contributed by atoms with Crippen molar-refractivity contribution in [2.45, 2.75) is 66.1 Å². The van der Waals surface area contributed by atoms with Gasteiger partial charge in [0.2, 0.25) is 0 Å². The molecule has 0 unspecified atom stereocenters. The summed E-state index contributed by atoms with van der Waals surface area (Å²) in [6.45, 7) is 13.2. The molecular formula is C20H34N2O6. The van der Waals surface area contributed by atoms with Crippen molar-refractivity contribution < 1.29 is 28.6 Å². The molecule has 8 nitrogen and oxygen atoms in total. The zero-order chi connectivity index (χ0) is 21.8. The summed E-state index contributed by atoms with van der Waals surface area (Å²) in [5.74, 6) is -0.454. The summed E-state index contributed by atoms with van der Waals surface area (Å²) in [7, 11) is 0. The van der Waals surface area contributed by atoms with Gasteiger partial charge in [-0.2, -0.15) is 0 Å². The number of carbonyl (C=O) groups is 3. The Bertz CT molecular complexity index is 582. The van der Waals surface area contributed by atoms with E-state index < -0.39 is 29.4 Å². The molecule has 0 aromatic heterocycles. The summed E-state index contributed by atoms with van der Waals surface area (Å²) in [6.07, 6.45) is 3.89. The van der Waals surface area contributed by atoms with E-state index in [0.29, 0.717) is 19.6 Å². The first-order chi connectivity index (χ1) is 12.8. The molecule has 0 aliphatic heterocycles. The highest BCUT2D eigenvalue weighted by Gasteiger charge is 2.17. The summed E-state index contributed by atoms with van der Waals surface area (Å²) >= 11 is 0. The van der Waals surface area contributed by atoms with E-state index in [2.05, 4.69) is 10.6 Å². The fourth-order valence-corrected chi connectivity index (χ4v) is 1.82. The molecule has 0 saturated heterocycles. The van der Waals surface area contributed by atoms with Gasteiger partial charge in [-0.15, -0.1) is 0 Å². The third kappa shape index (κ3) is 15.7. The zero-order valence-corrected chi connectivity index (χ0v) is 18.0. The summed E-state index contributed by atoms with van der Waals surface area (Å²) in [5.41, 5.74) is -0.401. The standard InChI is InChI=1S/C20H34N2O6/c1-8-26-16(23)11-9-10-15(14-22-18(25)28-20(5,6)7)12-13-21-17(24)27-19(2,3)4/h9-11H,8,12-14H2,1-7H3,(H,21,24)(H,22,25)/b11-9+,15-10+. The third-order valence-corrected chi connectivity index (χ3v) is 2.82. The minimum Gasteiger partial charge on any atom is -0.463 e. The van der Waals surface area contributed by atoms with Crippen molar-refractivity contribution in [3.63, 3.8) is 0 Å². The summed E-state index contributed by atoms with van der Waals surface area (Å²) < 4.78 is 15.2. The topological polar surface area (TPSA) is 103 Å². The number of hydrogen-bond donors (Lipinski definition) is 2. The smallest absolute Gasteiger partial charge is 0.407 e. The number of carbonyl (C=O) groups excluding carboxylic acids is 3. The van der Waals surface area contributed by atoms with Crippen molar-refractivity contribution in [3.05, 3.63) is 23.8 Å². The lowest BCUT2D eigenvalue weighted by atomic mass is 10.1. The Balaban J connectivity index is 4.77. The summed E-state index contributed by atoms with van der Waals surface area (Å²) in [4.78, 5) is 34.9. The fourth-order valence-electron chi connectivity index (χ4n) is 1.82. The van der Waals surface area contributed by atoms with Gasteiger partial charge in [-0.05, 0) is 60.5 Å². The predicted octanol–water partition coefficient (Wildman–Crippen LogP) is 3.47. The van der Waals surface area contributed by atoms with E-state index in [4.69, 9.17) is 14.2 Å². The second kappa shape index (κ2) is 12.0. The average Bonchev–Trinajstić information content (AvgIpc) is 2.48. The molecule has 0 saturated carbocycles. The normalized spacial score (nSPS) is 12.5. The van der Waals surface area contributed by atoms with Gasteiger partial charge in [0.25, 0.3) is 0 Å². The molecule has 0 aliphatic carbocycles.